The van der Waals surface area contributed by atoms with Crippen LogP contribution in [-0.2, 0) is 0 Å². The quantitative estimate of drug-likeness (QED) is 0.888. The largest absolute Gasteiger partial charge is 0.349 e. The van der Waals surface area contributed by atoms with E-state index >= 15 is 0 Å². The van der Waals surface area contributed by atoms with Crippen molar-refractivity contribution in [3.05, 3.63) is 47.8 Å². The summed E-state index contributed by atoms with van der Waals surface area (Å²) in [7, 11) is 3.98. The van der Waals surface area contributed by atoms with Crippen molar-refractivity contribution in [3.8, 4) is 5.69 Å². The lowest BCUT2D eigenvalue weighted by molar-refractivity contribution is 0.0945. The summed E-state index contributed by atoms with van der Waals surface area (Å²) >= 11 is 0. The molecular formula is C17H22N4O. The van der Waals surface area contributed by atoms with E-state index in [0.717, 1.165) is 17.9 Å². The molecule has 1 heterocycles. The van der Waals surface area contributed by atoms with Gasteiger partial charge >= 0.3 is 0 Å². The molecule has 0 saturated heterocycles. The minimum atomic E-state index is -0.0987. The van der Waals surface area contributed by atoms with Gasteiger partial charge in [-0.25, -0.2) is 4.68 Å². The third-order valence-corrected chi connectivity index (χ3v) is 3.81. The molecule has 1 N–H and O–H groups in total. The molecule has 1 saturated carbocycles. The maximum absolute atomic E-state index is 12.3. The van der Waals surface area contributed by atoms with Gasteiger partial charge < -0.3 is 10.2 Å². The second-order valence-corrected chi connectivity index (χ2v) is 6.04. The van der Waals surface area contributed by atoms with Gasteiger partial charge in [0.25, 0.3) is 5.91 Å². The minimum absolute atomic E-state index is 0.0987. The van der Waals surface area contributed by atoms with Crippen LogP contribution < -0.4 is 5.32 Å². The normalized spacial score (nSPS) is 14.3. The van der Waals surface area contributed by atoms with Crippen molar-refractivity contribution in [3.63, 3.8) is 0 Å². The molecule has 1 aliphatic carbocycles. The fourth-order valence-corrected chi connectivity index (χ4v) is 2.44. The molecule has 1 aromatic heterocycles. The maximum Gasteiger partial charge on any atom is 0.271 e. The van der Waals surface area contributed by atoms with Gasteiger partial charge in [-0.1, -0.05) is 18.2 Å². The van der Waals surface area contributed by atoms with Crippen molar-refractivity contribution in [1.82, 2.24) is 20.0 Å². The van der Waals surface area contributed by atoms with Crippen molar-refractivity contribution in [1.29, 1.82) is 0 Å². The zero-order chi connectivity index (χ0) is 15.5. The van der Waals surface area contributed by atoms with Crippen molar-refractivity contribution >= 4 is 5.91 Å². The van der Waals surface area contributed by atoms with Gasteiger partial charge in [0.2, 0.25) is 0 Å². The maximum atomic E-state index is 12.3. The van der Waals surface area contributed by atoms with Crippen molar-refractivity contribution in [2.24, 2.45) is 0 Å². The minimum Gasteiger partial charge on any atom is -0.349 e. The Morgan fingerprint density at radius 3 is 2.68 bits per heavy atom. The molecule has 1 aromatic carbocycles. The highest BCUT2D eigenvalue weighted by Gasteiger charge is 2.29. The number of para-hydroxylation sites is 1. The fourth-order valence-electron chi connectivity index (χ4n) is 2.44. The summed E-state index contributed by atoms with van der Waals surface area (Å²) in [5.74, 6) is 0.439. The summed E-state index contributed by atoms with van der Waals surface area (Å²) in [5, 5.41) is 7.46. The number of amides is 1. The van der Waals surface area contributed by atoms with Crippen LogP contribution in [-0.4, -0.2) is 47.8 Å². The zero-order valence-corrected chi connectivity index (χ0v) is 13.1. The van der Waals surface area contributed by atoms with Crippen molar-refractivity contribution in [2.45, 2.75) is 18.8 Å². The molecule has 0 spiro atoms. The lowest BCUT2D eigenvalue weighted by Crippen LogP contribution is -2.31. The van der Waals surface area contributed by atoms with Gasteiger partial charge in [-0.15, -0.1) is 0 Å². The van der Waals surface area contributed by atoms with Gasteiger partial charge in [0.05, 0.1) is 5.69 Å². The molecule has 1 fully saturated rings. The Hall–Kier alpha value is -2.14. The van der Waals surface area contributed by atoms with Crippen LogP contribution in [0.2, 0.25) is 0 Å². The highest BCUT2D eigenvalue weighted by Crippen LogP contribution is 2.41. The molecule has 22 heavy (non-hydrogen) atoms. The van der Waals surface area contributed by atoms with E-state index in [0.29, 0.717) is 18.2 Å². The topological polar surface area (TPSA) is 50.2 Å². The third-order valence-electron chi connectivity index (χ3n) is 3.81. The summed E-state index contributed by atoms with van der Waals surface area (Å²) in [5.41, 5.74) is 2.66. The molecule has 5 heteroatoms. The molecule has 116 valence electrons. The van der Waals surface area contributed by atoms with Gasteiger partial charge in [0, 0.05) is 24.7 Å². The number of hydrogen-bond donors (Lipinski definition) is 1. The van der Waals surface area contributed by atoms with Crippen LogP contribution >= 0.6 is 0 Å². The summed E-state index contributed by atoms with van der Waals surface area (Å²) in [4.78, 5) is 14.3. The second-order valence-electron chi connectivity index (χ2n) is 6.04. The standard InChI is InChI=1S/C17H22N4O/c1-20(2)11-10-18-17(22)15-12-16(13-8-9-13)21(19-15)14-6-4-3-5-7-14/h3-7,12-13H,8-11H2,1-2H3,(H,18,22). The fraction of sp³-hybridized carbons (Fsp3) is 0.412. The number of likely N-dealkylation sites (N-methyl/N-ethyl adjacent to an activating group) is 1. The Morgan fingerprint density at radius 1 is 1.32 bits per heavy atom. The predicted octanol–water partition coefficient (Wildman–Crippen LogP) is 2.04. The number of carbonyl (C=O) groups excluding carboxylic acids is 1. The second kappa shape index (κ2) is 6.32. The number of nitrogens with zero attached hydrogens (tertiary/aromatic N) is 3. The van der Waals surface area contributed by atoms with E-state index in [1.807, 2.05) is 60.1 Å². The van der Waals surface area contributed by atoms with Crippen molar-refractivity contribution < 1.29 is 4.79 Å². The molecule has 2 aromatic rings. The number of aromatic nitrogens is 2. The molecule has 0 bridgehead atoms. The summed E-state index contributed by atoms with van der Waals surface area (Å²) in [6.45, 7) is 1.45. The van der Waals surface area contributed by atoms with Gasteiger partial charge in [-0.3, -0.25) is 4.79 Å². The Labute approximate surface area is 130 Å². The molecular weight excluding hydrogens is 276 g/mol. The molecule has 5 nitrogen and oxygen atoms in total. The summed E-state index contributed by atoms with van der Waals surface area (Å²) in [6, 6.07) is 11.9. The first-order valence-electron chi connectivity index (χ1n) is 7.73. The van der Waals surface area contributed by atoms with E-state index in [9.17, 15) is 4.79 Å². The smallest absolute Gasteiger partial charge is 0.271 e. The first kappa shape index (κ1) is 14.8. The van der Waals surface area contributed by atoms with E-state index in [2.05, 4.69) is 10.4 Å². The SMILES string of the molecule is CN(C)CCNC(=O)c1cc(C2CC2)n(-c2ccccc2)n1. The van der Waals surface area contributed by atoms with Crippen LogP contribution in [0.15, 0.2) is 36.4 Å². The number of rotatable bonds is 6. The summed E-state index contributed by atoms with van der Waals surface area (Å²) < 4.78 is 1.92. The zero-order valence-electron chi connectivity index (χ0n) is 13.1. The Kier molecular flexibility index (Phi) is 4.24. The monoisotopic (exact) mass is 298 g/mol. The van der Waals surface area contributed by atoms with Gasteiger partial charge in [-0.05, 0) is 45.1 Å². The van der Waals surface area contributed by atoms with E-state index < -0.39 is 0 Å². The van der Waals surface area contributed by atoms with E-state index in [1.54, 1.807) is 0 Å². The van der Waals surface area contributed by atoms with Gasteiger partial charge in [0.15, 0.2) is 5.69 Å². The first-order chi connectivity index (χ1) is 10.6. The summed E-state index contributed by atoms with van der Waals surface area (Å²) in [6.07, 6.45) is 2.36. The van der Waals surface area contributed by atoms with E-state index in [4.69, 9.17) is 0 Å². The Balaban J connectivity index is 1.80. The highest BCUT2D eigenvalue weighted by molar-refractivity contribution is 5.92. The number of hydrogen-bond acceptors (Lipinski definition) is 3. The third kappa shape index (κ3) is 3.36. The van der Waals surface area contributed by atoms with Gasteiger partial charge in [-0.2, -0.15) is 5.10 Å². The molecule has 1 aliphatic rings. The van der Waals surface area contributed by atoms with Crippen LogP contribution in [0, 0.1) is 0 Å². The first-order valence-corrected chi connectivity index (χ1v) is 7.73. The van der Waals surface area contributed by atoms with Crippen LogP contribution in [0.1, 0.15) is 34.9 Å². The van der Waals surface area contributed by atoms with E-state index in [1.165, 1.54) is 12.8 Å². The Morgan fingerprint density at radius 2 is 2.05 bits per heavy atom. The molecule has 0 radical (unpaired) electrons. The number of carbonyl (C=O) groups is 1. The highest BCUT2D eigenvalue weighted by atomic mass is 16.1. The molecule has 3 rings (SSSR count). The van der Waals surface area contributed by atoms with E-state index in [-0.39, 0.29) is 5.91 Å². The van der Waals surface area contributed by atoms with Gasteiger partial charge in [0.1, 0.15) is 0 Å². The molecule has 0 unspecified atom stereocenters. The van der Waals surface area contributed by atoms with Crippen molar-refractivity contribution in [2.75, 3.05) is 27.2 Å². The Bertz CT molecular complexity index is 644. The molecule has 0 aliphatic heterocycles. The number of nitrogens with one attached hydrogen (secondary N) is 1. The van der Waals surface area contributed by atoms with Crippen LogP contribution in [0.5, 0.6) is 0 Å². The van der Waals surface area contributed by atoms with Crippen LogP contribution in [0.4, 0.5) is 0 Å². The lowest BCUT2D eigenvalue weighted by atomic mass is 10.2. The van der Waals surface area contributed by atoms with Crippen LogP contribution in [0.3, 0.4) is 0 Å². The predicted molar refractivity (Wildman–Crippen MR) is 86.4 cm³/mol. The molecule has 0 atom stereocenters. The average Bonchev–Trinajstić information content (AvgIpc) is 3.26. The molecule has 1 amide bonds. The lowest BCUT2D eigenvalue weighted by Gasteiger charge is -2.09. The average molecular weight is 298 g/mol. The number of benzene rings is 1. The van der Waals surface area contributed by atoms with Crippen LogP contribution in [0.25, 0.3) is 5.69 Å².